The summed E-state index contributed by atoms with van der Waals surface area (Å²) in [5.41, 5.74) is -0.179. The predicted octanol–water partition coefficient (Wildman–Crippen LogP) is 5.96. The first-order chi connectivity index (χ1) is 26.5. The number of nitrogens with one attached hydrogen (secondary N) is 2. The summed E-state index contributed by atoms with van der Waals surface area (Å²) >= 11 is 5.74. The van der Waals surface area contributed by atoms with Crippen LogP contribution >= 0.6 is 12.2 Å². The van der Waals surface area contributed by atoms with Crippen LogP contribution in [0.3, 0.4) is 0 Å². The van der Waals surface area contributed by atoms with E-state index in [0.29, 0.717) is 24.4 Å². The van der Waals surface area contributed by atoms with Crippen molar-refractivity contribution in [2.75, 3.05) is 36.4 Å². The fraction of sp³-hybridized carbons (Fsp3) is 0.537. The largest absolute Gasteiger partial charge is 0.417 e. The van der Waals surface area contributed by atoms with Gasteiger partial charge in [-0.1, -0.05) is 12.1 Å². The number of carbonyl (C=O) groups excluding carboxylic acids is 4. The molecule has 3 aliphatic heterocycles. The van der Waals surface area contributed by atoms with Crippen LogP contribution in [-0.4, -0.2) is 92.6 Å². The number of benzene rings is 2. The smallest absolute Gasteiger partial charge is 0.325 e. The molecule has 2 aromatic carbocycles. The molecular weight excluding hydrogens is 744 g/mol. The van der Waals surface area contributed by atoms with E-state index in [1.807, 2.05) is 16.7 Å². The van der Waals surface area contributed by atoms with E-state index < -0.39 is 28.7 Å². The third-order valence-electron chi connectivity index (χ3n) is 11.8. The fourth-order valence-electron chi connectivity index (χ4n) is 8.82. The van der Waals surface area contributed by atoms with Crippen molar-refractivity contribution >= 4 is 58.0 Å². The molecule has 6 rings (SSSR count). The van der Waals surface area contributed by atoms with Crippen molar-refractivity contribution in [3.8, 4) is 6.07 Å². The van der Waals surface area contributed by atoms with Gasteiger partial charge in [-0.25, -0.2) is 9.37 Å². The van der Waals surface area contributed by atoms with E-state index in [4.69, 9.17) is 12.2 Å². The van der Waals surface area contributed by atoms with Crippen LogP contribution < -0.4 is 15.5 Å². The fourth-order valence-corrected chi connectivity index (χ4v) is 9.37. The molecule has 2 N–H and O–H groups in total. The van der Waals surface area contributed by atoms with E-state index in [1.54, 1.807) is 32.0 Å². The summed E-state index contributed by atoms with van der Waals surface area (Å²) in [4.78, 5) is 56.2. The van der Waals surface area contributed by atoms with Gasteiger partial charge in [0.2, 0.25) is 23.3 Å². The van der Waals surface area contributed by atoms with Gasteiger partial charge in [0, 0.05) is 62.3 Å². The van der Waals surface area contributed by atoms with E-state index in [0.717, 1.165) is 81.6 Å². The maximum atomic E-state index is 13.7. The minimum absolute atomic E-state index is 0.000394. The van der Waals surface area contributed by atoms with Gasteiger partial charge >= 0.3 is 17.2 Å². The third kappa shape index (κ3) is 8.72. The average Bonchev–Trinajstić information content (AvgIpc) is 3.32. The maximum Gasteiger partial charge on any atom is 0.417 e. The van der Waals surface area contributed by atoms with Crippen molar-refractivity contribution in [2.45, 2.75) is 109 Å². The zero-order chi connectivity index (χ0) is 40.5. The molecular formula is C41H49F3N7O4S+. The van der Waals surface area contributed by atoms with Crippen LogP contribution in [0.1, 0.15) is 102 Å². The van der Waals surface area contributed by atoms with Crippen molar-refractivity contribution in [3.63, 3.8) is 0 Å². The van der Waals surface area contributed by atoms with Crippen molar-refractivity contribution in [2.24, 2.45) is 5.92 Å². The van der Waals surface area contributed by atoms with E-state index in [2.05, 4.69) is 34.3 Å². The Morgan fingerprint density at radius 3 is 2.29 bits per heavy atom. The Morgan fingerprint density at radius 2 is 1.68 bits per heavy atom. The van der Waals surface area contributed by atoms with Crippen molar-refractivity contribution in [1.82, 2.24) is 15.1 Å². The van der Waals surface area contributed by atoms with Crippen LogP contribution in [-0.2, 0) is 25.4 Å². The van der Waals surface area contributed by atoms with E-state index in [-0.39, 0.29) is 53.1 Å². The Kier molecular flexibility index (Phi) is 12.1. The number of anilines is 2. The molecule has 11 nitrogen and oxygen atoms in total. The van der Waals surface area contributed by atoms with Crippen LogP contribution in [0, 0.1) is 17.2 Å². The zero-order valence-corrected chi connectivity index (χ0v) is 33.1. The number of piperazine rings is 1. The standard InChI is InChI=1S/C41H48F3N7O4S/c1-25-22-48(23-26(2)49(25)24-36(53)46-30-12-9-28(10-13-30)33-17-18-35(52)47-37(33)54)19-5-6-27-7-14-31(15-8-27)51-39(56)50(38(55)40(51,3)4)32-16-11-29(21-45)34(20-32)41(42,43)44/h9-13,16,20,25-27,33H,5-8,14-15,17-19,22-24H2,1-4H3,(H-,46,47,52,53,54)/p+1/t25-,26+,27?,33?. The molecule has 0 radical (unpaired) electrons. The number of piperidine rings is 1. The van der Waals surface area contributed by atoms with E-state index in [9.17, 15) is 37.6 Å². The third-order valence-corrected chi connectivity index (χ3v) is 12.1. The number of imide groups is 1. The molecule has 3 heterocycles. The van der Waals surface area contributed by atoms with Crippen molar-refractivity contribution in [3.05, 3.63) is 59.2 Å². The van der Waals surface area contributed by atoms with Gasteiger partial charge in [0.05, 0.1) is 35.4 Å². The molecule has 3 atom stereocenters. The first kappa shape index (κ1) is 41.1. The molecule has 4 fully saturated rings. The summed E-state index contributed by atoms with van der Waals surface area (Å²) in [6, 6.07) is 12.4. The number of halogens is 3. The summed E-state index contributed by atoms with van der Waals surface area (Å²) in [7, 11) is 0. The quantitative estimate of drug-likeness (QED) is 0.181. The second kappa shape index (κ2) is 16.5. The molecule has 298 valence electrons. The lowest BCUT2D eigenvalue weighted by molar-refractivity contribution is -0.468. The molecule has 1 aliphatic carbocycles. The highest BCUT2D eigenvalue weighted by Gasteiger charge is 2.57. The molecule has 2 aromatic rings. The van der Waals surface area contributed by atoms with E-state index in [1.165, 1.54) is 11.0 Å². The number of carbonyl (C=O) groups is 4. The number of thiocarbonyl (C=S) groups is 1. The van der Waals surface area contributed by atoms with E-state index >= 15 is 0 Å². The zero-order valence-electron chi connectivity index (χ0n) is 32.2. The maximum absolute atomic E-state index is 13.7. The second-order valence-electron chi connectivity index (χ2n) is 16.1. The van der Waals surface area contributed by atoms with Gasteiger partial charge < -0.3 is 10.2 Å². The lowest BCUT2D eigenvalue weighted by Gasteiger charge is -2.44. The van der Waals surface area contributed by atoms with Crippen LogP contribution in [0.4, 0.5) is 24.5 Å². The highest BCUT2D eigenvalue weighted by molar-refractivity contribution is 7.80. The number of alkyl halides is 3. The Balaban J connectivity index is 0.965. The van der Waals surface area contributed by atoms with Gasteiger partial charge in [0.25, 0.3) is 0 Å². The Hall–Kier alpha value is -4.52. The molecule has 0 bridgehead atoms. The molecule has 56 heavy (non-hydrogen) atoms. The molecule has 3 saturated heterocycles. The van der Waals surface area contributed by atoms with Gasteiger partial charge in [0.1, 0.15) is 5.69 Å². The average molecular weight is 793 g/mol. The highest BCUT2D eigenvalue weighted by Crippen LogP contribution is 2.38. The van der Waals surface area contributed by atoms with Gasteiger partial charge in [0.15, 0.2) is 0 Å². The molecule has 15 heteroatoms. The lowest BCUT2D eigenvalue weighted by Crippen LogP contribution is -2.58. The topological polar surface area (TPSA) is 129 Å². The lowest BCUT2D eigenvalue weighted by atomic mass is 9.84. The Bertz CT molecular complexity index is 1950. The molecule has 0 spiro atoms. The van der Waals surface area contributed by atoms with Gasteiger partial charge in [-0.3, -0.25) is 24.6 Å². The van der Waals surface area contributed by atoms with Gasteiger partial charge in [-0.05, 0) is 108 Å². The number of nitrogens with zero attached hydrogens (tertiary/aromatic N) is 5. The SMILES string of the molecule is C[C@@H]1CN(CCCC2CCC(=[N+]3C(=S)N(c4ccc(C#N)c(C(F)(F)F)c4)C(=O)C3(C)C)CC2)C[C@H](C)N1CC(=O)Nc1ccc(C2CCC(=O)NC2=O)cc1. The first-order valence-corrected chi connectivity index (χ1v) is 19.7. The minimum atomic E-state index is -4.75. The highest BCUT2D eigenvalue weighted by atomic mass is 32.1. The van der Waals surface area contributed by atoms with Crippen LogP contribution in [0.15, 0.2) is 42.5 Å². The monoisotopic (exact) mass is 792 g/mol. The minimum Gasteiger partial charge on any atom is -0.325 e. The first-order valence-electron chi connectivity index (χ1n) is 19.3. The Labute approximate surface area is 330 Å². The van der Waals surface area contributed by atoms with Crippen molar-refractivity contribution < 1.29 is 36.9 Å². The Morgan fingerprint density at radius 1 is 1.02 bits per heavy atom. The molecule has 4 aliphatic rings. The summed E-state index contributed by atoms with van der Waals surface area (Å²) in [6.45, 7) is 10.7. The van der Waals surface area contributed by atoms with Crippen LogP contribution in [0.5, 0.6) is 0 Å². The number of rotatable bonds is 9. The number of hydrogen-bond acceptors (Lipinski definition) is 8. The number of amides is 4. The van der Waals surface area contributed by atoms with Crippen molar-refractivity contribution in [1.29, 1.82) is 5.26 Å². The summed E-state index contributed by atoms with van der Waals surface area (Å²) in [6.07, 6.45) is 1.49. The predicted molar refractivity (Wildman–Crippen MR) is 209 cm³/mol. The van der Waals surface area contributed by atoms with Gasteiger partial charge in [-0.15, -0.1) is 4.90 Å². The van der Waals surface area contributed by atoms with Crippen LogP contribution in [0.2, 0.25) is 0 Å². The van der Waals surface area contributed by atoms with Crippen LogP contribution in [0.25, 0.3) is 0 Å². The number of nitriles is 1. The van der Waals surface area contributed by atoms with Gasteiger partial charge in [-0.2, -0.15) is 18.4 Å². The summed E-state index contributed by atoms with van der Waals surface area (Å²) in [5.74, 6) is -0.901. The normalized spacial score (nSPS) is 25.0. The second-order valence-corrected chi connectivity index (χ2v) is 16.5. The summed E-state index contributed by atoms with van der Waals surface area (Å²) < 4.78 is 43.0. The molecule has 1 unspecified atom stereocenters. The molecule has 1 saturated carbocycles. The number of hydrogen-bond donors (Lipinski definition) is 2. The molecule has 0 aromatic heterocycles. The molecule has 4 amide bonds. The summed E-state index contributed by atoms with van der Waals surface area (Å²) in [5, 5.41) is 14.7.